The van der Waals surface area contributed by atoms with Crippen molar-refractivity contribution in [3.63, 3.8) is 0 Å². The maximum atomic E-state index is 12.0. The van der Waals surface area contributed by atoms with E-state index in [1.807, 2.05) is 11.8 Å². The Bertz CT molecular complexity index is 529. The second kappa shape index (κ2) is 7.51. The van der Waals surface area contributed by atoms with Crippen LogP contribution >= 0.6 is 23.4 Å². The molecule has 0 amide bonds. The zero-order valence-corrected chi connectivity index (χ0v) is 13.8. The molecule has 0 spiro atoms. The Morgan fingerprint density at radius 2 is 2.19 bits per heavy atom. The molecule has 0 unspecified atom stereocenters. The maximum absolute atomic E-state index is 12.0. The van der Waals surface area contributed by atoms with Crippen molar-refractivity contribution in [2.24, 2.45) is 0 Å². The van der Waals surface area contributed by atoms with Crippen molar-refractivity contribution < 1.29 is 5.11 Å². The fourth-order valence-electron chi connectivity index (χ4n) is 2.75. The van der Waals surface area contributed by atoms with Gasteiger partial charge in [-0.05, 0) is 19.1 Å². The standard InChI is InChI=1S/C14H22ClN3O2S/c1-21-14(5-3-2-4-6-14)10-16-11-9-17-18(7-8-19)13(20)12(11)15/h9,16,19H,2-8,10H2,1H3. The number of hydrogen-bond acceptors (Lipinski definition) is 5. The Morgan fingerprint density at radius 3 is 2.81 bits per heavy atom. The van der Waals surface area contributed by atoms with Gasteiger partial charge in [0, 0.05) is 11.3 Å². The predicted molar refractivity (Wildman–Crippen MR) is 88.4 cm³/mol. The average molecular weight is 332 g/mol. The van der Waals surface area contributed by atoms with Crippen molar-refractivity contribution in [2.75, 3.05) is 24.7 Å². The summed E-state index contributed by atoms with van der Waals surface area (Å²) in [6.07, 6.45) is 9.91. The molecule has 1 aromatic rings. The normalized spacial score (nSPS) is 17.7. The minimum atomic E-state index is -0.363. The van der Waals surface area contributed by atoms with Crippen molar-refractivity contribution in [1.82, 2.24) is 9.78 Å². The zero-order valence-electron chi connectivity index (χ0n) is 12.3. The topological polar surface area (TPSA) is 67.2 Å². The molecule has 0 aliphatic heterocycles. The highest BCUT2D eigenvalue weighted by atomic mass is 35.5. The third-order valence-electron chi connectivity index (χ3n) is 4.10. The molecule has 0 bridgehead atoms. The van der Waals surface area contributed by atoms with Gasteiger partial charge >= 0.3 is 0 Å². The Kier molecular flexibility index (Phi) is 5.96. The summed E-state index contributed by atoms with van der Waals surface area (Å²) in [7, 11) is 0. The Labute approximate surface area is 134 Å². The molecule has 0 atom stereocenters. The number of aromatic nitrogens is 2. The molecule has 1 saturated carbocycles. The van der Waals surface area contributed by atoms with Gasteiger partial charge in [0.05, 0.1) is 25.0 Å². The van der Waals surface area contributed by atoms with Crippen LogP contribution in [0, 0.1) is 0 Å². The molecule has 0 radical (unpaired) electrons. The van der Waals surface area contributed by atoms with Crippen molar-refractivity contribution in [2.45, 2.75) is 43.4 Å². The van der Waals surface area contributed by atoms with Gasteiger partial charge in [0.15, 0.2) is 0 Å². The minimum absolute atomic E-state index is 0.133. The quantitative estimate of drug-likeness (QED) is 0.837. The predicted octanol–water partition coefficient (Wildman–Crippen LogP) is 2.37. The fourth-order valence-corrected chi connectivity index (χ4v) is 3.87. The molecule has 1 aromatic heterocycles. The first-order chi connectivity index (χ1) is 10.1. The molecule has 2 rings (SSSR count). The first-order valence-electron chi connectivity index (χ1n) is 7.27. The number of nitrogens with zero attached hydrogens (tertiary/aromatic N) is 2. The van der Waals surface area contributed by atoms with Crippen LogP contribution in [0.3, 0.4) is 0 Å². The van der Waals surface area contributed by atoms with E-state index in [0.29, 0.717) is 5.69 Å². The zero-order chi connectivity index (χ0) is 15.3. The number of thioether (sulfide) groups is 1. The summed E-state index contributed by atoms with van der Waals surface area (Å²) in [6, 6.07) is 0. The van der Waals surface area contributed by atoms with E-state index in [1.165, 1.54) is 36.8 Å². The van der Waals surface area contributed by atoms with Crippen molar-refractivity contribution in [3.05, 3.63) is 21.6 Å². The van der Waals surface area contributed by atoms with Crippen LogP contribution in [0.25, 0.3) is 0 Å². The lowest BCUT2D eigenvalue weighted by Gasteiger charge is -2.36. The van der Waals surface area contributed by atoms with Crippen molar-refractivity contribution >= 4 is 29.1 Å². The van der Waals surface area contributed by atoms with Gasteiger partial charge in [0.1, 0.15) is 5.02 Å². The second-order valence-corrected chi connectivity index (χ2v) is 7.08. The van der Waals surface area contributed by atoms with Crippen LogP contribution in [0.15, 0.2) is 11.0 Å². The monoisotopic (exact) mass is 331 g/mol. The molecular formula is C14H22ClN3O2S. The van der Waals surface area contributed by atoms with Crippen LogP contribution in [0.4, 0.5) is 5.69 Å². The fraction of sp³-hybridized carbons (Fsp3) is 0.714. The van der Waals surface area contributed by atoms with E-state index in [0.717, 1.165) is 6.54 Å². The van der Waals surface area contributed by atoms with Crippen LogP contribution in [0.5, 0.6) is 0 Å². The molecule has 7 heteroatoms. The number of nitrogens with one attached hydrogen (secondary N) is 1. The highest BCUT2D eigenvalue weighted by Crippen LogP contribution is 2.38. The molecule has 5 nitrogen and oxygen atoms in total. The van der Waals surface area contributed by atoms with Crippen molar-refractivity contribution in [3.8, 4) is 0 Å². The van der Waals surface area contributed by atoms with Gasteiger partial charge in [-0.3, -0.25) is 4.79 Å². The van der Waals surface area contributed by atoms with E-state index < -0.39 is 0 Å². The molecule has 21 heavy (non-hydrogen) atoms. The summed E-state index contributed by atoms with van der Waals surface area (Å²) < 4.78 is 1.40. The number of aliphatic hydroxyl groups excluding tert-OH is 1. The van der Waals surface area contributed by atoms with Gasteiger partial charge < -0.3 is 10.4 Å². The average Bonchev–Trinajstić information content (AvgIpc) is 2.52. The number of rotatable bonds is 6. The molecule has 2 N–H and O–H groups in total. The lowest BCUT2D eigenvalue weighted by molar-refractivity contribution is 0.266. The molecule has 0 saturated heterocycles. The number of aliphatic hydroxyl groups is 1. The third-order valence-corrected chi connectivity index (χ3v) is 5.88. The van der Waals surface area contributed by atoms with Gasteiger partial charge in [0.25, 0.3) is 5.56 Å². The third kappa shape index (κ3) is 3.93. The molecule has 118 valence electrons. The maximum Gasteiger partial charge on any atom is 0.287 e. The molecular weight excluding hydrogens is 310 g/mol. The van der Waals surface area contributed by atoms with Crippen LogP contribution in [0.2, 0.25) is 5.02 Å². The number of hydrogen-bond donors (Lipinski definition) is 2. The summed E-state index contributed by atoms with van der Waals surface area (Å²) in [5, 5.41) is 16.4. The van der Waals surface area contributed by atoms with Gasteiger partial charge in [-0.1, -0.05) is 30.9 Å². The lowest BCUT2D eigenvalue weighted by atomic mass is 9.88. The largest absolute Gasteiger partial charge is 0.394 e. The van der Waals surface area contributed by atoms with Gasteiger partial charge in [-0.25, -0.2) is 4.68 Å². The highest BCUT2D eigenvalue weighted by Gasteiger charge is 2.31. The van der Waals surface area contributed by atoms with Gasteiger partial charge in [-0.15, -0.1) is 0 Å². The molecule has 1 aliphatic carbocycles. The Morgan fingerprint density at radius 1 is 1.48 bits per heavy atom. The smallest absolute Gasteiger partial charge is 0.287 e. The molecule has 0 aromatic carbocycles. The van der Waals surface area contributed by atoms with Crippen molar-refractivity contribution in [1.29, 1.82) is 0 Å². The number of halogens is 1. The minimum Gasteiger partial charge on any atom is -0.394 e. The summed E-state index contributed by atoms with van der Waals surface area (Å²) >= 11 is 8.01. The SMILES string of the molecule is CSC1(CNc2cnn(CCO)c(=O)c2Cl)CCCCC1. The molecule has 1 aliphatic rings. The Hall–Kier alpha value is -0.720. The van der Waals surface area contributed by atoms with Crippen LogP contribution in [0.1, 0.15) is 32.1 Å². The van der Waals surface area contributed by atoms with Crippen LogP contribution in [-0.2, 0) is 6.54 Å². The second-order valence-electron chi connectivity index (χ2n) is 5.43. The van der Waals surface area contributed by atoms with Gasteiger partial charge in [0.2, 0.25) is 0 Å². The first kappa shape index (κ1) is 16.6. The summed E-state index contributed by atoms with van der Waals surface area (Å²) in [5.41, 5.74) is 0.215. The highest BCUT2D eigenvalue weighted by molar-refractivity contribution is 8.00. The Balaban J connectivity index is 2.09. The summed E-state index contributed by atoms with van der Waals surface area (Å²) in [4.78, 5) is 12.0. The summed E-state index contributed by atoms with van der Waals surface area (Å²) in [5.74, 6) is 0. The van der Waals surface area contributed by atoms with E-state index in [1.54, 1.807) is 6.20 Å². The van der Waals surface area contributed by atoms with Crippen LogP contribution in [-0.4, -0.2) is 39.0 Å². The lowest BCUT2D eigenvalue weighted by Crippen LogP contribution is -2.36. The van der Waals surface area contributed by atoms with E-state index in [2.05, 4.69) is 16.7 Å². The summed E-state index contributed by atoms with van der Waals surface area (Å²) in [6.45, 7) is 0.818. The molecule has 1 heterocycles. The van der Waals surface area contributed by atoms with E-state index in [-0.39, 0.29) is 28.5 Å². The van der Waals surface area contributed by atoms with E-state index in [9.17, 15) is 4.79 Å². The van der Waals surface area contributed by atoms with E-state index in [4.69, 9.17) is 16.7 Å². The number of anilines is 1. The van der Waals surface area contributed by atoms with E-state index >= 15 is 0 Å². The van der Waals surface area contributed by atoms with Gasteiger partial charge in [-0.2, -0.15) is 16.9 Å². The first-order valence-corrected chi connectivity index (χ1v) is 8.88. The molecule has 1 fully saturated rings. The van der Waals surface area contributed by atoms with Crippen LogP contribution < -0.4 is 10.9 Å².